The zero-order chi connectivity index (χ0) is 9.68. The number of nitrogens with zero attached hydrogens (tertiary/aromatic N) is 1. The third-order valence-electron chi connectivity index (χ3n) is 1.39. The van der Waals surface area contributed by atoms with Crippen LogP contribution in [0.4, 0.5) is 0 Å². The average Bonchev–Trinajstić information content (AvgIpc) is 2.14. The molecular formula is C8H11BrN2O2. The molecule has 5 heteroatoms. The Hall–Kier alpha value is -0.650. The molecule has 13 heavy (non-hydrogen) atoms. The molecule has 0 spiro atoms. The standard InChI is InChI=1S/C8H11BrN2O2/c9-6-1-8(4-11-3-6)13-5-7(12)2-10/h1,3-4,7,12H,2,5,10H2. The van der Waals surface area contributed by atoms with E-state index in [1.54, 1.807) is 18.5 Å². The molecule has 0 amide bonds. The van der Waals surface area contributed by atoms with E-state index in [9.17, 15) is 0 Å². The second-order valence-corrected chi connectivity index (χ2v) is 3.46. The summed E-state index contributed by atoms with van der Waals surface area (Å²) in [6.07, 6.45) is 2.61. The van der Waals surface area contributed by atoms with E-state index < -0.39 is 6.10 Å². The number of halogens is 1. The predicted octanol–water partition coefficient (Wildman–Crippen LogP) is 0.542. The van der Waals surface area contributed by atoms with Crippen molar-refractivity contribution in [2.45, 2.75) is 6.10 Å². The second kappa shape index (κ2) is 5.16. The molecule has 0 bridgehead atoms. The fraction of sp³-hybridized carbons (Fsp3) is 0.375. The molecule has 3 N–H and O–H groups in total. The van der Waals surface area contributed by atoms with E-state index in [2.05, 4.69) is 20.9 Å². The highest BCUT2D eigenvalue weighted by Crippen LogP contribution is 2.15. The first-order valence-electron chi connectivity index (χ1n) is 3.84. The van der Waals surface area contributed by atoms with E-state index in [-0.39, 0.29) is 13.2 Å². The molecule has 0 fully saturated rings. The summed E-state index contributed by atoms with van der Waals surface area (Å²) >= 11 is 3.26. The molecule has 1 rings (SSSR count). The van der Waals surface area contributed by atoms with Gasteiger partial charge < -0.3 is 15.6 Å². The van der Waals surface area contributed by atoms with Crippen LogP contribution in [-0.2, 0) is 0 Å². The molecule has 0 aliphatic heterocycles. The van der Waals surface area contributed by atoms with Gasteiger partial charge in [0.15, 0.2) is 0 Å². The molecule has 0 aliphatic rings. The minimum Gasteiger partial charge on any atom is -0.489 e. The van der Waals surface area contributed by atoms with Gasteiger partial charge >= 0.3 is 0 Å². The van der Waals surface area contributed by atoms with Gasteiger partial charge in [-0.1, -0.05) is 0 Å². The number of hydrogen-bond acceptors (Lipinski definition) is 4. The number of ether oxygens (including phenoxy) is 1. The van der Waals surface area contributed by atoms with Crippen molar-refractivity contribution in [2.75, 3.05) is 13.2 Å². The Bertz CT molecular complexity index is 270. The van der Waals surface area contributed by atoms with Crippen LogP contribution in [-0.4, -0.2) is 29.3 Å². The largest absolute Gasteiger partial charge is 0.489 e. The van der Waals surface area contributed by atoms with Crippen molar-refractivity contribution in [3.8, 4) is 5.75 Å². The second-order valence-electron chi connectivity index (χ2n) is 2.54. The predicted molar refractivity (Wildman–Crippen MR) is 52.5 cm³/mol. The lowest BCUT2D eigenvalue weighted by Crippen LogP contribution is -2.26. The Balaban J connectivity index is 2.45. The molecular weight excluding hydrogens is 236 g/mol. The van der Waals surface area contributed by atoms with Crippen LogP contribution in [0.25, 0.3) is 0 Å². The summed E-state index contributed by atoms with van der Waals surface area (Å²) in [5, 5.41) is 9.11. The Kier molecular flexibility index (Phi) is 4.14. The Morgan fingerprint density at radius 1 is 1.62 bits per heavy atom. The van der Waals surface area contributed by atoms with Gasteiger partial charge in [-0.3, -0.25) is 4.98 Å². The number of rotatable bonds is 4. The zero-order valence-electron chi connectivity index (χ0n) is 6.98. The van der Waals surface area contributed by atoms with Gasteiger partial charge in [-0.2, -0.15) is 0 Å². The van der Waals surface area contributed by atoms with E-state index in [4.69, 9.17) is 15.6 Å². The quantitative estimate of drug-likeness (QED) is 0.814. The van der Waals surface area contributed by atoms with Crippen molar-refractivity contribution in [1.82, 2.24) is 4.98 Å². The van der Waals surface area contributed by atoms with Crippen molar-refractivity contribution >= 4 is 15.9 Å². The van der Waals surface area contributed by atoms with E-state index in [1.807, 2.05) is 0 Å². The molecule has 1 heterocycles. The molecule has 1 aromatic heterocycles. The fourth-order valence-corrected chi connectivity index (χ4v) is 1.08. The van der Waals surface area contributed by atoms with Crippen LogP contribution in [0.5, 0.6) is 5.75 Å². The summed E-state index contributed by atoms with van der Waals surface area (Å²) < 4.78 is 6.06. The number of aromatic nitrogens is 1. The molecule has 0 radical (unpaired) electrons. The van der Waals surface area contributed by atoms with Gasteiger partial charge in [0.05, 0.1) is 6.20 Å². The molecule has 0 saturated carbocycles. The first-order valence-corrected chi connectivity index (χ1v) is 4.63. The van der Waals surface area contributed by atoms with Crippen LogP contribution < -0.4 is 10.5 Å². The molecule has 72 valence electrons. The lowest BCUT2D eigenvalue weighted by molar-refractivity contribution is 0.114. The van der Waals surface area contributed by atoms with Crippen LogP contribution in [0, 0.1) is 0 Å². The van der Waals surface area contributed by atoms with Crippen molar-refractivity contribution in [2.24, 2.45) is 5.73 Å². The zero-order valence-corrected chi connectivity index (χ0v) is 8.57. The normalized spacial score (nSPS) is 12.5. The van der Waals surface area contributed by atoms with Crippen LogP contribution in [0.2, 0.25) is 0 Å². The van der Waals surface area contributed by atoms with Gasteiger partial charge in [-0.25, -0.2) is 0 Å². The number of aliphatic hydroxyl groups excluding tert-OH is 1. The van der Waals surface area contributed by atoms with Gasteiger partial charge in [0, 0.05) is 17.2 Å². The van der Waals surface area contributed by atoms with Crippen LogP contribution in [0.1, 0.15) is 0 Å². The van der Waals surface area contributed by atoms with Gasteiger partial charge in [0.2, 0.25) is 0 Å². The summed E-state index contributed by atoms with van der Waals surface area (Å²) in [5.74, 6) is 0.613. The van der Waals surface area contributed by atoms with Crippen molar-refractivity contribution in [1.29, 1.82) is 0 Å². The van der Waals surface area contributed by atoms with Gasteiger partial charge in [-0.15, -0.1) is 0 Å². The van der Waals surface area contributed by atoms with Crippen molar-refractivity contribution in [3.63, 3.8) is 0 Å². The lowest BCUT2D eigenvalue weighted by Gasteiger charge is -2.09. The number of hydrogen-bond donors (Lipinski definition) is 2. The third-order valence-corrected chi connectivity index (χ3v) is 1.83. The lowest BCUT2D eigenvalue weighted by atomic mass is 10.4. The van der Waals surface area contributed by atoms with Crippen LogP contribution >= 0.6 is 15.9 Å². The van der Waals surface area contributed by atoms with Crippen LogP contribution in [0.15, 0.2) is 22.9 Å². The number of aliphatic hydroxyl groups is 1. The highest BCUT2D eigenvalue weighted by atomic mass is 79.9. The van der Waals surface area contributed by atoms with Crippen molar-refractivity contribution in [3.05, 3.63) is 22.9 Å². The maximum absolute atomic E-state index is 9.11. The Morgan fingerprint density at radius 2 is 2.38 bits per heavy atom. The maximum Gasteiger partial charge on any atom is 0.138 e. The molecule has 0 saturated heterocycles. The molecule has 1 aromatic rings. The highest BCUT2D eigenvalue weighted by molar-refractivity contribution is 9.10. The molecule has 1 unspecified atom stereocenters. The van der Waals surface area contributed by atoms with E-state index >= 15 is 0 Å². The molecule has 0 aromatic carbocycles. The van der Waals surface area contributed by atoms with E-state index in [0.717, 1.165) is 4.47 Å². The number of pyridine rings is 1. The number of nitrogens with two attached hydrogens (primary N) is 1. The monoisotopic (exact) mass is 246 g/mol. The Labute approximate surface area is 84.9 Å². The summed E-state index contributed by atoms with van der Waals surface area (Å²) in [5.41, 5.74) is 5.21. The summed E-state index contributed by atoms with van der Waals surface area (Å²) in [6.45, 7) is 0.385. The average molecular weight is 247 g/mol. The molecule has 4 nitrogen and oxygen atoms in total. The highest BCUT2D eigenvalue weighted by Gasteiger charge is 2.02. The Morgan fingerprint density at radius 3 is 3.00 bits per heavy atom. The van der Waals surface area contributed by atoms with Gasteiger partial charge in [-0.05, 0) is 22.0 Å². The summed E-state index contributed by atoms with van der Waals surface area (Å²) in [6, 6.07) is 1.77. The SMILES string of the molecule is NCC(O)COc1cncc(Br)c1. The fourth-order valence-electron chi connectivity index (χ4n) is 0.732. The van der Waals surface area contributed by atoms with Gasteiger partial charge in [0.1, 0.15) is 18.5 Å². The first kappa shape index (κ1) is 10.4. The van der Waals surface area contributed by atoms with Gasteiger partial charge in [0.25, 0.3) is 0 Å². The molecule has 0 aliphatic carbocycles. The van der Waals surface area contributed by atoms with E-state index in [0.29, 0.717) is 5.75 Å². The third kappa shape index (κ3) is 3.71. The minimum atomic E-state index is -0.626. The van der Waals surface area contributed by atoms with E-state index in [1.165, 1.54) is 0 Å². The summed E-state index contributed by atoms with van der Waals surface area (Å²) in [4.78, 5) is 3.90. The van der Waals surface area contributed by atoms with Crippen LogP contribution in [0.3, 0.4) is 0 Å². The minimum absolute atomic E-state index is 0.189. The topological polar surface area (TPSA) is 68.4 Å². The maximum atomic E-state index is 9.11. The smallest absolute Gasteiger partial charge is 0.138 e. The first-order chi connectivity index (χ1) is 6.22. The van der Waals surface area contributed by atoms with Crippen molar-refractivity contribution < 1.29 is 9.84 Å². The molecule has 1 atom stereocenters. The summed E-state index contributed by atoms with van der Waals surface area (Å²) in [7, 11) is 0.